The van der Waals surface area contributed by atoms with Crippen LogP contribution in [0.4, 0.5) is 26.3 Å². The van der Waals surface area contributed by atoms with E-state index in [1.165, 1.54) is 0 Å². The Kier molecular flexibility index (Phi) is 10.2. The minimum Gasteiger partial charge on any atom is -0.309 e. The van der Waals surface area contributed by atoms with Crippen LogP contribution >= 0.6 is 0 Å². The number of rotatable bonds is 7. The van der Waals surface area contributed by atoms with E-state index < -0.39 is 23.5 Å². The second-order valence-electron chi connectivity index (χ2n) is 16.1. The van der Waals surface area contributed by atoms with Gasteiger partial charge in [-0.05, 0) is 78.1 Å². The van der Waals surface area contributed by atoms with Crippen molar-refractivity contribution in [3.05, 3.63) is 204 Å². The molecule has 10 heteroatoms. The van der Waals surface area contributed by atoms with Crippen LogP contribution in [-0.2, 0) is 12.4 Å². The van der Waals surface area contributed by atoms with Crippen LogP contribution in [0.25, 0.3) is 95.0 Å². The van der Waals surface area contributed by atoms with Crippen molar-refractivity contribution in [3.8, 4) is 73.2 Å². The van der Waals surface area contributed by atoms with Crippen LogP contribution in [0.15, 0.2) is 182 Å². The number of hydrogen-bond acceptors (Lipinski definition) is 3. The summed E-state index contributed by atoms with van der Waals surface area (Å²) in [5, 5.41) is 1.67. The summed E-state index contributed by atoms with van der Waals surface area (Å²) in [4.78, 5) is 14.7. The third kappa shape index (κ3) is 8.03. The molecule has 2 heterocycles. The van der Waals surface area contributed by atoms with Gasteiger partial charge in [-0.25, -0.2) is 15.0 Å². The molecule has 0 aliphatic heterocycles. The van der Waals surface area contributed by atoms with Gasteiger partial charge in [-0.1, -0.05) is 157 Å². The molecule has 0 radical (unpaired) electrons. The van der Waals surface area contributed by atoms with Crippen LogP contribution in [0.2, 0.25) is 0 Å². The Bertz CT molecular complexity index is 3240. The number of fused-ring (bicyclic) bond motifs is 3. The van der Waals surface area contributed by atoms with Crippen molar-refractivity contribution >= 4 is 21.8 Å². The fourth-order valence-electron chi connectivity index (χ4n) is 8.43. The van der Waals surface area contributed by atoms with Crippen LogP contribution in [0.5, 0.6) is 0 Å². The molecule has 0 amide bonds. The highest BCUT2D eigenvalue weighted by molar-refractivity contribution is 6.12. The number of benzene rings is 8. The van der Waals surface area contributed by atoms with Gasteiger partial charge in [-0.3, -0.25) is 0 Å². The minimum absolute atomic E-state index is 0.131. The summed E-state index contributed by atoms with van der Waals surface area (Å²) >= 11 is 0. The Morgan fingerprint density at radius 2 is 0.769 bits per heavy atom. The van der Waals surface area contributed by atoms with E-state index in [0.717, 1.165) is 67.4 Å². The number of aryl methyl sites for hydroxylation is 2. The van der Waals surface area contributed by atoms with E-state index in [2.05, 4.69) is 12.1 Å². The molecule has 10 rings (SSSR count). The van der Waals surface area contributed by atoms with Gasteiger partial charge in [0.05, 0.1) is 27.8 Å². The Labute approximate surface area is 370 Å². The lowest BCUT2D eigenvalue weighted by molar-refractivity contribution is -0.143. The van der Waals surface area contributed by atoms with Crippen molar-refractivity contribution < 1.29 is 26.3 Å². The van der Waals surface area contributed by atoms with E-state index in [-0.39, 0.29) is 23.0 Å². The molecule has 0 N–H and O–H groups in total. The SMILES string of the molecule is Cc1cccc(-c2ccc3c4ccc(-c5cccc(C)c5)cc4n(-c4cc(-c5nc(-c6ccccc6)nc(-c6ccccc6)n5)ccc4-c4cc(C(F)(F)F)cc(C(F)(F)F)c4)c3c2)c1. The Morgan fingerprint density at radius 3 is 1.22 bits per heavy atom. The molecule has 0 saturated heterocycles. The maximum Gasteiger partial charge on any atom is 0.416 e. The van der Waals surface area contributed by atoms with Crippen molar-refractivity contribution in [3.63, 3.8) is 0 Å². The molecule has 4 nitrogen and oxygen atoms in total. The standard InChI is InChI=1S/C55H36F6N4/c1-33-11-9-17-37(25-33)39-19-23-46-47-24-20-40(38-18-10-12-34(2)26-38)30-50(47)65(49(46)29-39)48-31-41(21-22-45(48)42-27-43(54(56,57)58)32-44(28-42)55(59,60)61)53-63-51(35-13-5-3-6-14-35)62-52(64-53)36-15-7-4-8-16-36/h3-32H,1-2H3. The first-order chi connectivity index (χ1) is 31.3. The lowest BCUT2D eigenvalue weighted by Crippen LogP contribution is -2.11. The third-order valence-electron chi connectivity index (χ3n) is 11.6. The number of aromatic nitrogens is 4. The highest BCUT2D eigenvalue weighted by Crippen LogP contribution is 2.44. The number of nitrogens with zero attached hydrogens (tertiary/aromatic N) is 4. The van der Waals surface area contributed by atoms with Gasteiger partial charge >= 0.3 is 12.4 Å². The molecule has 65 heavy (non-hydrogen) atoms. The van der Waals surface area contributed by atoms with E-state index >= 15 is 0 Å². The molecule has 0 spiro atoms. The van der Waals surface area contributed by atoms with Crippen LogP contribution in [-0.4, -0.2) is 19.5 Å². The lowest BCUT2D eigenvalue weighted by atomic mass is 9.96. The molecular weight excluding hydrogens is 831 g/mol. The van der Waals surface area contributed by atoms with Crippen LogP contribution in [0.3, 0.4) is 0 Å². The first kappa shape index (κ1) is 41.2. The zero-order chi connectivity index (χ0) is 45.0. The van der Waals surface area contributed by atoms with E-state index in [1.807, 2.05) is 152 Å². The lowest BCUT2D eigenvalue weighted by Gasteiger charge is -2.19. The largest absolute Gasteiger partial charge is 0.416 e. The molecule has 318 valence electrons. The van der Waals surface area contributed by atoms with Gasteiger partial charge in [0, 0.05) is 33.0 Å². The molecule has 0 fully saturated rings. The Morgan fingerprint density at radius 1 is 0.354 bits per heavy atom. The monoisotopic (exact) mass is 866 g/mol. The molecule has 2 aromatic heterocycles. The summed E-state index contributed by atoms with van der Waals surface area (Å²) < 4.78 is 89.3. The van der Waals surface area contributed by atoms with E-state index in [4.69, 9.17) is 15.0 Å². The highest BCUT2D eigenvalue weighted by Gasteiger charge is 2.37. The molecule has 0 saturated carbocycles. The summed E-state index contributed by atoms with van der Waals surface area (Å²) in [7, 11) is 0. The predicted octanol–water partition coefficient (Wildman–Crippen LogP) is 15.6. The molecule has 10 aromatic rings. The average Bonchev–Trinajstić information content (AvgIpc) is 3.64. The van der Waals surface area contributed by atoms with Crippen molar-refractivity contribution in [2.45, 2.75) is 26.2 Å². The van der Waals surface area contributed by atoms with Gasteiger partial charge in [-0.2, -0.15) is 26.3 Å². The first-order valence-corrected chi connectivity index (χ1v) is 20.8. The van der Waals surface area contributed by atoms with E-state index in [1.54, 1.807) is 18.2 Å². The maximum absolute atomic E-state index is 14.6. The van der Waals surface area contributed by atoms with Crippen LogP contribution in [0.1, 0.15) is 22.3 Å². The van der Waals surface area contributed by atoms with Gasteiger partial charge in [0.2, 0.25) is 0 Å². The highest BCUT2D eigenvalue weighted by atomic mass is 19.4. The number of hydrogen-bond donors (Lipinski definition) is 0. The smallest absolute Gasteiger partial charge is 0.309 e. The third-order valence-corrected chi connectivity index (χ3v) is 11.6. The summed E-state index contributed by atoms with van der Waals surface area (Å²) in [6.45, 7) is 4.00. The zero-order valence-electron chi connectivity index (χ0n) is 34.9. The average molecular weight is 867 g/mol. The second-order valence-corrected chi connectivity index (χ2v) is 16.1. The predicted molar refractivity (Wildman–Crippen MR) is 246 cm³/mol. The van der Waals surface area contributed by atoms with E-state index in [0.29, 0.717) is 33.9 Å². The van der Waals surface area contributed by atoms with Gasteiger partial charge in [0.1, 0.15) is 0 Å². The maximum atomic E-state index is 14.6. The summed E-state index contributed by atoms with van der Waals surface area (Å²) in [6.07, 6.45) is -10.1. The normalized spacial score (nSPS) is 12.0. The molecule has 0 bridgehead atoms. The fourth-order valence-corrected chi connectivity index (χ4v) is 8.43. The number of halogens is 6. The molecule has 0 atom stereocenters. The Balaban J connectivity index is 1.32. The van der Waals surface area contributed by atoms with Crippen molar-refractivity contribution in [1.82, 2.24) is 19.5 Å². The molecule has 0 aliphatic carbocycles. The van der Waals surface area contributed by atoms with Gasteiger partial charge in [-0.15, -0.1) is 0 Å². The molecule has 8 aromatic carbocycles. The fraction of sp³-hybridized carbons (Fsp3) is 0.0727. The second kappa shape index (κ2) is 16.1. The quantitative estimate of drug-likeness (QED) is 0.150. The van der Waals surface area contributed by atoms with Gasteiger partial charge < -0.3 is 4.57 Å². The minimum atomic E-state index is -5.07. The van der Waals surface area contributed by atoms with Crippen LogP contribution in [0, 0.1) is 13.8 Å². The van der Waals surface area contributed by atoms with Crippen LogP contribution < -0.4 is 0 Å². The molecular formula is C55H36F6N4. The number of alkyl halides is 6. The summed E-state index contributed by atoms with van der Waals surface area (Å²) in [5.74, 6) is 1.03. The Hall–Kier alpha value is -7.85. The van der Waals surface area contributed by atoms with Gasteiger partial charge in [0.15, 0.2) is 17.5 Å². The van der Waals surface area contributed by atoms with Gasteiger partial charge in [0.25, 0.3) is 0 Å². The van der Waals surface area contributed by atoms with Crippen molar-refractivity contribution in [2.75, 3.05) is 0 Å². The summed E-state index contributed by atoms with van der Waals surface area (Å²) in [6, 6.07) is 53.6. The topological polar surface area (TPSA) is 43.6 Å². The first-order valence-electron chi connectivity index (χ1n) is 20.8. The summed E-state index contributed by atoms with van der Waals surface area (Å²) in [5.41, 5.74) is 6.37. The van der Waals surface area contributed by atoms with E-state index in [9.17, 15) is 26.3 Å². The van der Waals surface area contributed by atoms with Crippen molar-refractivity contribution in [1.29, 1.82) is 0 Å². The van der Waals surface area contributed by atoms with Crippen molar-refractivity contribution in [2.24, 2.45) is 0 Å². The molecule has 0 unspecified atom stereocenters. The zero-order valence-corrected chi connectivity index (χ0v) is 34.9. The molecule has 0 aliphatic rings.